The standard InChI is InChI=1S/C17H13IN4O/c1-2-14(23-7-1)15-11(12-5-6-19-9-18-12)8-13-17(21-15)22-16(20-13)10-3-4-10/h1-2,5-10H,3-4H2,(H,20,21,22). The Labute approximate surface area is 142 Å². The van der Waals surface area contributed by atoms with Gasteiger partial charge in [0.25, 0.3) is 0 Å². The van der Waals surface area contributed by atoms with E-state index in [0.717, 1.165) is 34.0 Å². The number of rotatable bonds is 3. The van der Waals surface area contributed by atoms with Gasteiger partial charge in [-0.3, -0.25) is 4.99 Å². The lowest BCUT2D eigenvalue weighted by Crippen LogP contribution is -2.01. The van der Waals surface area contributed by atoms with Crippen molar-refractivity contribution in [1.82, 2.24) is 15.0 Å². The Morgan fingerprint density at radius 1 is 1.26 bits per heavy atom. The van der Waals surface area contributed by atoms with Gasteiger partial charge in [0.15, 0.2) is 11.4 Å². The zero-order valence-electron chi connectivity index (χ0n) is 12.2. The average molecular weight is 416 g/mol. The number of fused-ring (bicyclic) bond motifs is 1. The fourth-order valence-electron chi connectivity index (χ4n) is 2.70. The molecule has 2 aliphatic rings. The lowest BCUT2D eigenvalue weighted by Gasteiger charge is -2.08. The molecule has 5 nitrogen and oxygen atoms in total. The molecule has 3 aromatic heterocycles. The van der Waals surface area contributed by atoms with Crippen LogP contribution in [0, 0.1) is 0 Å². The molecule has 1 fully saturated rings. The van der Waals surface area contributed by atoms with E-state index >= 15 is 0 Å². The number of hydrogen-bond acceptors (Lipinski definition) is 4. The fourth-order valence-corrected chi connectivity index (χ4v) is 4.46. The van der Waals surface area contributed by atoms with Crippen LogP contribution in [0.15, 0.2) is 46.1 Å². The second kappa shape index (κ2) is 5.23. The maximum Gasteiger partial charge on any atom is 0.178 e. The minimum atomic E-state index is -0.252. The van der Waals surface area contributed by atoms with Crippen molar-refractivity contribution < 1.29 is 4.42 Å². The summed E-state index contributed by atoms with van der Waals surface area (Å²) in [6, 6.07) is 6.01. The molecular formula is C17H13IN4O. The Morgan fingerprint density at radius 2 is 2.22 bits per heavy atom. The highest BCUT2D eigenvalue weighted by Crippen LogP contribution is 2.39. The molecule has 3 aromatic rings. The van der Waals surface area contributed by atoms with Crippen LogP contribution < -0.4 is 0 Å². The topological polar surface area (TPSA) is 67.1 Å². The number of halogens is 1. The van der Waals surface area contributed by atoms with Gasteiger partial charge in [0.05, 0.1) is 16.0 Å². The van der Waals surface area contributed by atoms with Crippen LogP contribution in [-0.4, -0.2) is 22.7 Å². The summed E-state index contributed by atoms with van der Waals surface area (Å²) in [4.78, 5) is 17.1. The second-order valence-electron chi connectivity index (χ2n) is 5.65. The summed E-state index contributed by atoms with van der Waals surface area (Å²) < 4.78 is 8.92. The molecule has 114 valence electrons. The van der Waals surface area contributed by atoms with Crippen LogP contribution in [0.4, 0.5) is 0 Å². The molecule has 1 N–H and O–H groups in total. The van der Waals surface area contributed by atoms with Crippen molar-refractivity contribution in [2.45, 2.75) is 18.8 Å². The fraction of sp³-hybridized carbons (Fsp3) is 0.176. The number of allylic oxidation sites excluding steroid dienone is 1. The van der Waals surface area contributed by atoms with Gasteiger partial charge in [-0.05, 0) is 37.1 Å². The molecule has 0 amide bonds. The summed E-state index contributed by atoms with van der Waals surface area (Å²) in [7, 11) is 0. The summed E-state index contributed by atoms with van der Waals surface area (Å²) >= 11 is -0.252. The van der Waals surface area contributed by atoms with Crippen LogP contribution in [0.3, 0.4) is 0 Å². The predicted molar refractivity (Wildman–Crippen MR) is 99.3 cm³/mol. The van der Waals surface area contributed by atoms with Crippen LogP contribution in [0.5, 0.6) is 0 Å². The lowest BCUT2D eigenvalue weighted by atomic mass is 10.1. The van der Waals surface area contributed by atoms with Crippen LogP contribution in [0.1, 0.15) is 30.1 Å². The average Bonchev–Trinajstić information content (AvgIpc) is 3.14. The number of aromatic nitrogens is 3. The van der Waals surface area contributed by atoms with Crippen molar-refractivity contribution in [3.05, 3.63) is 48.1 Å². The van der Waals surface area contributed by atoms with E-state index in [1.54, 1.807) is 6.26 Å². The van der Waals surface area contributed by atoms with Crippen LogP contribution in [-0.2, 0) is 0 Å². The van der Waals surface area contributed by atoms with Gasteiger partial charge in [0, 0.05) is 21.2 Å². The Balaban J connectivity index is 1.75. The van der Waals surface area contributed by atoms with Gasteiger partial charge in [-0.1, -0.05) is 20.7 Å². The first-order valence-corrected chi connectivity index (χ1v) is 9.84. The van der Waals surface area contributed by atoms with Gasteiger partial charge in [-0.15, -0.1) is 0 Å². The van der Waals surface area contributed by atoms with E-state index in [9.17, 15) is 0 Å². The van der Waals surface area contributed by atoms with Crippen LogP contribution in [0.2, 0.25) is 0 Å². The van der Waals surface area contributed by atoms with E-state index in [1.807, 2.05) is 22.6 Å². The molecule has 1 saturated carbocycles. The highest BCUT2D eigenvalue weighted by Gasteiger charge is 2.27. The van der Waals surface area contributed by atoms with E-state index in [2.05, 4.69) is 27.1 Å². The summed E-state index contributed by atoms with van der Waals surface area (Å²) in [5, 5.41) is 0. The van der Waals surface area contributed by atoms with E-state index in [-0.39, 0.29) is 20.7 Å². The second-order valence-corrected chi connectivity index (χ2v) is 7.99. The number of furan rings is 1. The predicted octanol–water partition coefficient (Wildman–Crippen LogP) is 4.14. The van der Waals surface area contributed by atoms with Crippen molar-refractivity contribution >= 4 is 39.6 Å². The molecular weight excluding hydrogens is 403 g/mol. The minimum Gasteiger partial charge on any atom is -0.463 e. The monoisotopic (exact) mass is 416 g/mol. The number of nitrogens with zero attached hydrogens (tertiary/aromatic N) is 3. The molecule has 1 aliphatic carbocycles. The highest BCUT2D eigenvalue weighted by atomic mass is 127. The SMILES string of the molecule is C1=CC(c2cc3[nH]c(C4CC4)nc3nc2-c2ccco2)=IC=N1. The van der Waals surface area contributed by atoms with Gasteiger partial charge >= 0.3 is 0 Å². The number of nitrogens with one attached hydrogen (secondary N) is 1. The third-order valence-electron chi connectivity index (χ3n) is 4.00. The third kappa shape index (κ3) is 2.37. The molecule has 23 heavy (non-hydrogen) atoms. The van der Waals surface area contributed by atoms with Crippen molar-refractivity contribution in [1.29, 1.82) is 0 Å². The van der Waals surface area contributed by atoms with Gasteiger partial charge in [-0.25, -0.2) is 9.97 Å². The van der Waals surface area contributed by atoms with Gasteiger partial charge in [0.1, 0.15) is 11.5 Å². The number of aromatic amines is 1. The molecule has 1 aliphatic heterocycles. The van der Waals surface area contributed by atoms with Gasteiger partial charge in [0.2, 0.25) is 0 Å². The molecule has 4 heterocycles. The zero-order chi connectivity index (χ0) is 15.2. The van der Waals surface area contributed by atoms with E-state index in [0.29, 0.717) is 5.92 Å². The normalized spacial score (nSPS) is 17.3. The quantitative estimate of drug-likeness (QED) is 0.653. The van der Waals surface area contributed by atoms with Crippen molar-refractivity contribution in [3.63, 3.8) is 0 Å². The minimum absolute atomic E-state index is 0.252. The van der Waals surface area contributed by atoms with Crippen LogP contribution >= 0.6 is 20.7 Å². The number of hydrogen-bond donors (Lipinski definition) is 1. The van der Waals surface area contributed by atoms with E-state index in [1.165, 1.54) is 16.4 Å². The molecule has 0 atom stereocenters. The molecule has 0 saturated heterocycles. The smallest absolute Gasteiger partial charge is 0.178 e. The number of imidazole rings is 1. The first-order chi connectivity index (χ1) is 11.4. The summed E-state index contributed by atoms with van der Waals surface area (Å²) in [5.74, 6) is 2.43. The summed E-state index contributed by atoms with van der Waals surface area (Å²) in [6.07, 6.45) is 8.06. The van der Waals surface area contributed by atoms with Crippen molar-refractivity contribution in [3.8, 4) is 11.5 Å². The Kier molecular flexibility index (Phi) is 3.04. The zero-order valence-corrected chi connectivity index (χ0v) is 14.3. The summed E-state index contributed by atoms with van der Waals surface area (Å²) in [6.45, 7) is 0. The Morgan fingerprint density at radius 3 is 2.96 bits per heavy atom. The summed E-state index contributed by atoms with van der Waals surface area (Å²) in [5.41, 5.74) is 3.76. The lowest BCUT2D eigenvalue weighted by molar-refractivity contribution is 0.580. The molecule has 5 rings (SSSR count). The number of aliphatic imine (C=N–C) groups is 1. The molecule has 0 aromatic carbocycles. The molecule has 6 heteroatoms. The first kappa shape index (κ1) is 13.4. The van der Waals surface area contributed by atoms with E-state index in [4.69, 9.17) is 9.40 Å². The third-order valence-corrected chi connectivity index (χ3v) is 6.21. The Bertz CT molecular complexity index is 978. The van der Waals surface area contributed by atoms with Crippen LogP contribution in [0.25, 0.3) is 22.6 Å². The maximum atomic E-state index is 5.61. The molecule has 0 spiro atoms. The molecule has 0 unspecified atom stereocenters. The van der Waals surface area contributed by atoms with Crippen molar-refractivity contribution in [2.24, 2.45) is 4.99 Å². The van der Waals surface area contributed by atoms with Gasteiger partial charge in [-0.2, -0.15) is 0 Å². The molecule has 0 radical (unpaired) electrons. The Hall–Kier alpha value is -2.09. The number of pyridine rings is 1. The maximum absolute atomic E-state index is 5.61. The van der Waals surface area contributed by atoms with Gasteiger partial charge < -0.3 is 9.40 Å². The first-order valence-electron chi connectivity index (χ1n) is 7.52. The number of H-pyrrole nitrogens is 1. The van der Waals surface area contributed by atoms with E-state index < -0.39 is 0 Å². The van der Waals surface area contributed by atoms with Crippen molar-refractivity contribution in [2.75, 3.05) is 0 Å². The largest absolute Gasteiger partial charge is 0.463 e. The highest BCUT2D eigenvalue weighted by molar-refractivity contribution is 14.2. The molecule has 0 bridgehead atoms.